The molecule has 0 amide bonds. The Morgan fingerprint density at radius 3 is 1.23 bits per heavy atom. The predicted octanol–water partition coefficient (Wildman–Crippen LogP) is 16.0. The number of unbranched alkanes of at least 4 members (excludes halogenated alkanes) is 21. The molecule has 9 heteroatoms. The van der Waals surface area contributed by atoms with E-state index in [-0.39, 0.29) is 38.6 Å². The van der Waals surface area contributed by atoms with Crippen LogP contribution < -0.4 is 0 Å². The van der Waals surface area contributed by atoms with Crippen LogP contribution in [0.5, 0.6) is 0 Å². The number of carbonyl (C=O) groups excluding carboxylic acids is 2. The molecule has 0 spiro atoms. The number of rotatable bonds is 50. The van der Waals surface area contributed by atoms with Gasteiger partial charge in [-0.2, -0.15) is 0 Å². The van der Waals surface area contributed by atoms with Crippen molar-refractivity contribution in [1.29, 1.82) is 0 Å². The summed E-state index contributed by atoms with van der Waals surface area (Å²) in [5.41, 5.74) is 0. The van der Waals surface area contributed by atoms with Gasteiger partial charge in [0, 0.05) is 12.8 Å². The van der Waals surface area contributed by atoms with Gasteiger partial charge in [0.05, 0.1) is 34.4 Å². The van der Waals surface area contributed by atoms with Gasteiger partial charge >= 0.3 is 17.9 Å². The highest BCUT2D eigenvalue weighted by Crippen LogP contribution is 2.15. The Kier molecular flexibility index (Phi) is 48.2. The number of carboxylic acids is 1. The summed E-state index contributed by atoms with van der Waals surface area (Å²) in [6.45, 7) is 4.73. The molecule has 0 heterocycles. The number of esters is 2. The standard InChI is InChI=1S/C60H103NO8/c1-6-8-10-12-14-16-18-20-22-24-26-28-29-31-32-34-36-38-40-42-44-46-48-50-57(62)67-54-56(55-68-60(59(64)65)66-53-52-61(3,4)5)69-58(63)51-49-47-45-43-41-39-37-35-33-30-27-25-23-21-19-17-15-13-11-9-7-2/h9,11,15,17-18,20-21,23-24,26-27,29-31,56,60H,6-8,10,12-14,16,19,22,25,28,32-55H2,1-5H3/p+1/b11-9-,17-15-,20-18-,23-21-,26-24-,30-27-,31-29-. The number of aliphatic carboxylic acids is 1. The highest BCUT2D eigenvalue weighted by atomic mass is 16.7. The molecule has 1 N–H and O–H groups in total. The molecule has 0 aliphatic rings. The molecule has 2 unspecified atom stereocenters. The lowest BCUT2D eigenvalue weighted by Gasteiger charge is -2.25. The Bertz CT molecular complexity index is 1400. The van der Waals surface area contributed by atoms with E-state index in [2.05, 4.69) is 98.9 Å². The van der Waals surface area contributed by atoms with Gasteiger partial charge in [0.1, 0.15) is 13.2 Å². The summed E-state index contributed by atoms with van der Waals surface area (Å²) in [7, 11) is 5.95. The third-order valence-electron chi connectivity index (χ3n) is 11.6. The number of carbonyl (C=O) groups is 3. The maximum absolute atomic E-state index is 12.9. The summed E-state index contributed by atoms with van der Waals surface area (Å²) >= 11 is 0. The van der Waals surface area contributed by atoms with Gasteiger partial charge in [0.25, 0.3) is 6.29 Å². The Labute approximate surface area is 423 Å². The van der Waals surface area contributed by atoms with Gasteiger partial charge in [0.2, 0.25) is 0 Å². The average molecular weight is 967 g/mol. The molecule has 0 saturated heterocycles. The third-order valence-corrected chi connectivity index (χ3v) is 11.6. The second-order valence-corrected chi connectivity index (χ2v) is 19.5. The van der Waals surface area contributed by atoms with Crippen LogP contribution in [0.2, 0.25) is 0 Å². The first kappa shape index (κ1) is 65.5. The van der Waals surface area contributed by atoms with E-state index < -0.39 is 24.3 Å². The maximum atomic E-state index is 12.9. The van der Waals surface area contributed by atoms with Crippen LogP contribution in [0.15, 0.2) is 85.1 Å². The number of likely N-dealkylation sites (N-methyl/N-ethyl adjacent to an activating group) is 1. The van der Waals surface area contributed by atoms with Crippen molar-refractivity contribution in [2.75, 3.05) is 47.5 Å². The molecule has 0 saturated carbocycles. The van der Waals surface area contributed by atoms with Gasteiger partial charge in [-0.05, 0) is 89.9 Å². The number of hydrogen-bond donors (Lipinski definition) is 1. The molecule has 0 bridgehead atoms. The fourth-order valence-corrected chi connectivity index (χ4v) is 7.36. The smallest absolute Gasteiger partial charge is 0.361 e. The number of nitrogens with zero attached hydrogens (tertiary/aromatic N) is 1. The Morgan fingerprint density at radius 1 is 0.449 bits per heavy atom. The summed E-state index contributed by atoms with van der Waals surface area (Å²) in [4.78, 5) is 37.4. The lowest BCUT2D eigenvalue weighted by molar-refractivity contribution is -0.870. The normalized spacial score (nSPS) is 13.5. The summed E-state index contributed by atoms with van der Waals surface area (Å²) in [5, 5.41) is 9.69. The number of carboxylic acid groups (broad SMARTS) is 1. The van der Waals surface area contributed by atoms with Crippen LogP contribution >= 0.6 is 0 Å². The van der Waals surface area contributed by atoms with E-state index in [1.807, 2.05) is 21.1 Å². The Balaban J connectivity index is 4.33. The quantitative estimate of drug-likeness (QED) is 0.0211. The minimum atomic E-state index is -1.52. The molecular formula is C60H104NO8+. The molecule has 0 aromatic heterocycles. The molecule has 2 atom stereocenters. The molecular weight excluding hydrogens is 863 g/mol. The van der Waals surface area contributed by atoms with Crippen LogP contribution in [0.25, 0.3) is 0 Å². The van der Waals surface area contributed by atoms with Crippen LogP contribution in [0, 0.1) is 0 Å². The minimum Gasteiger partial charge on any atom is -0.477 e. The van der Waals surface area contributed by atoms with Crippen molar-refractivity contribution in [3.8, 4) is 0 Å². The topological polar surface area (TPSA) is 108 Å². The van der Waals surface area contributed by atoms with Crippen LogP contribution in [-0.4, -0.2) is 87.4 Å². The lowest BCUT2D eigenvalue weighted by atomic mass is 10.1. The Morgan fingerprint density at radius 2 is 0.826 bits per heavy atom. The second-order valence-electron chi connectivity index (χ2n) is 19.5. The van der Waals surface area contributed by atoms with Gasteiger partial charge in [-0.3, -0.25) is 9.59 Å². The van der Waals surface area contributed by atoms with Gasteiger partial charge in [-0.1, -0.05) is 202 Å². The molecule has 0 aliphatic heterocycles. The summed E-state index contributed by atoms with van der Waals surface area (Å²) in [6, 6.07) is 0. The number of quaternary nitrogens is 1. The van der Waals surface area contributed by atoms with Crippen LogP contribution in [0.3, 0.4) is 0 Å². The molecule has 0 aromatic carbocycles. The molecule has 0 rings (SSSR count). The summed E-state index contributed by atoms with van der Waals surface area (Å²) in [6.07, 6.45) is 63.6. The van der Waals surface area contributed by atoms with Gasteiger partial charge in [-0.25, -0.2) is 4.79 Å². The molecule has 0 aliphatic carbocycles. The monoisotopic (exact) mass is 967 g/mol. The molecule has 0 aromatic rings. The number of hydrogen-bond acceptors (Lipinski definition) is 7. The zero-order chi connectivity index (χ0) is 50.6. The van der Waals surface area contributed by atoms with Crippen molar-refractivity contribution in [2.45, 2.75) is 232 Å². The second kappa shape index (κ2) is 50.8. The number of ether oxygens (including phenoxy) is 4. The van der Waals surface area contributed by atoms with E-state index in [0.29, 0.717) is 17.4 Å². The predicted molar refractivity (Wildman–Crippen MR) is 290 cm³/mol. The zero-order valence-electron chi connectivity index (χ0n) is 44.9. The fraction of sp³-hybridized carbons (Fsp3) is 0.717. The van der Waals surface area contributed by atoms with E-state index >= 15 is 0 Å². The van der Waals surface area contributed by atoms with Crippen molar-refractivity contribution < 1.29 is 42.9 Å². The Hall–Kier alpha value is -3.53. The first-order valence-corrected chi connectivity index (χ1v) is 27.8. The zero-order valence-corrected chi connectivity index (χ0v) is 44.9. The van der Waals surface area contributed by atoms with Gasteiger partial charge in [-0.15, -0.1) is 0 Å². The fourth-order valence-electron chi connectivity index (χ4n) is 7.36. The van der Waals surface area contributed by atoms with Crippen molar-refractivity contribution in [2.24, 2.45) is 0 Å². The molecule has 0 radical (unpaired) electrons. The largest absolute Gasteiger partial charge is 0.477 e. The van der Waals surface area contributed by atoms with E-state index in [0.717, 1.165) is 96.3 Å². The van der Waals surface area contributed by atoms with Crippen molar-refractivity contribution in [3.63, 3.8) is 0 Å². The average Bonchev–Trinajstić information content (AvgIpc) is 3.31. The maximum Gasteiger partial charge on any atom is 0.361 e. The summed E-state index contributed by atoms with van der Waals surface area (Å²) < 4.78 is 22.8. The van der Waals surface area contributed by atoms with Crippen LogP contribution in [-0.2, 0) is 33.3 Å². The van der Waals surface area contributed by atoms with E-state index in [4.69, 9.17) is 18.9 Å². The number of allylic oxidation sites excluding steroid dienone is 14. The first-order valence-electron chi connectivity index (χ1n) is 27.8. The SMILES string of the molecule is CC/C=C\C/C=C\C/C=C\C/C=C\CCCCCCCCCCC(=O)OC(COC(=O)CCCCCCCCCC/C=C\C/C=C\C/C=C\CCCCCCC)COC(OCC[N+](C)(C)C)C(=O)O. The van der Waals surface area contributed by atoms with Gasteiger partial charge < -0.3 is 28.5 Å². The van der Waals surface area contributed by atoms with E-state index in [9.17, 15) is 19.5 Å². The highest BCUT2D eigenvalue weighted by Gasteiger charge is 2.25. The molecule has 0 fully saturated rings. The van der Waals surface area contributed by atoms with Gasteiger partial charge in [0.15, 0.2) is 6.10 Å². The highest BCUT2D eigenvalue weighted by molar-refractivity contribution is 5.71. The van der Waals surface area contributed by atoms with E-state index in [1.54, 1.807) is 0 Å². The third kappa shape index (κ3) is 52.1. The van der Waals surface area contributed by atoms with Crippen LogP contribution in [0.1, 0.15) is 219 Å². The molecule has 69 heavy (non-hydrogen) atoms. The lowest BCUT2D eigenvalue weighted by Crippen LogP contribution is -2.40. The molecule has 9 nitrogen and oxygen atoms in total. The molecule has 396 valence electrons. The van der Waals surface area contributed by atoms with Crippen LogP contribution in [0.4, 0.5) is 0 Å². The van der Waals surface area contributed by atoms with Crippen molar-refractivity contribution in [3.05, 3.63) is 85.1 Å². The van der Waals surface area contributed by atoms with Crippen molar-refractivity contribution in [1.82, 2.24) is 0 Å². The summed E-state index contributed by atoms with van der Waals surface area (Å²) in [5.74, 6) is -2.03. The van der Waals surface area contributed by atoms with E-state index in [1.165, 1.54) is 89.9 Å². The minimum absolute atomic E-state index is 0.180. The first-order chi connectivity index (χ1) is 33.6. The van der Waals surface area contributed by atoms with Crippen molar-refractivity contribution >= 4 is 17.9 Å².